The molecule has 1 atom stereocenters. The van der Waals surface area contributed by atoms with Crippen LogP contribution in [0.5, 0.6) is 0 Å². The third-order valence-electron chi connectivity index (χ3n) is 4.61. The summed E-state index contributed by atoms with van der Waals surface area (Å²) in [6.45, 7) is 14.0. The molecule has 3 rings (SSSR count). The number of esters is 1. The molecule has 0 saturated carbocycles. The van der Waals surface area contributed by atoms with Crippen molar-refractivity contribution in [3.05, 3.63) is 23.3 Å². The Morgan fingerprint density at radius 2 is 2.04 bits per heavy atom. The lowest BCUT2D eigenvalue weighted by Gasteiger charge is -2.40. The zero-order chi connectivity index (χ0) is 21.1. The molecule has 0 aliphatic carbocycles. The summed E-state index contributed by atoms with van der Waals surface area (Å²) in [6, 6.07) is 4.00. The molecule has 156 valence electrons. The van der Waals surface area contributed by atoms with E-state index in [0.717, 1.165) is 23.5 Å². The summed E-state index contributed by atoms with van der Waals surface area (Å²) in [5, 5.41) is 3.39. The molecular formula is C21H33N3O4. The fraction of sp³-hybridized carbons (Fsp3) is 0.619. The average molecular weight is 392 g/mol. The second-order valence-corrected chi connectivity index (χ2v) is 7.78. The SMILES string of the molecule is CC.CCN1c2cc3c(cc2NCC1CN(C)C(=O)OC(C)(C)C)C(=O)OC3. The summed E-state index contributed by atoms with van der Waals surface area (Å²) in [5.41, 5.74) is 3.01. The summed E-state index contributed by atoms with van der Waals surface area (Å²) >= 11 is 0. The molecule has 7 heteroatoms. The highest BCUT2D eigenvalue weighted by Gasteiger charge is 2.32. The van der Waals surface area contributed by atoms with Crippen LogP contribution in [0.3, 0.4) is 0 Å². The lowest BCUT2D eigenvalue weighted by Crippen LogP contribution is -2.51. The van der Waals surface area contributed by atoms with Crippen LogP contribution in [-0.4, -0.2) is 55.3 Å². The fourth-order valence-corrected chi connectivity index (χ4v) is 3.40. The smallest absolute Gasteiger partial charge is 0.410 e. The fourth-order valence-electron chi connectivity index (χ4n) is 3.40. The lowest BCUT2D eigenvalue weighted by molar-refractivity contribution is 0.0289. The van der Waals surface area contributed by atoms with Gasteiger partial charge >= 0.3 is 12.1 Å². The molecule has 0 fully saturated rings. The third kappa shape index (κ3) is 4.69. The van der Waals surface area contributed by atoms with Crippen LogP contribution in [0.1, 0.15) is 57.5 Å². The summed E-state index contributed by atoms with van der Waals surface area (Å²) in [6.07, 6.45) is -0.327. The van der Waals surface area contributed by atoms with Crippen molar-refractivity contribution in [2.75, 3.05) is 36.9 Å². The van der Waals surface area contributed by atoms with Crippen molar-refractivity contribution < 1.29 is 19.1 Å². The predicted molar refractivity (Wildman–Crippen MR) is 111 cm³/mol. The number of nitrogens with one attached hydrogen (secondary N) is 1. The van der Waals surface area contributed by atoms with Crippen LogP contribution in [0.15, 0.2) is 12.1 Å². The van der Waals surface area contributed by atoms with Crippen LogP contribution < -0.4 is 10.2 Å². The van der Waals surface area contributed by atoms with E-state index in [4.69, 9.17) is 9.47 Å². The van der Waals surface area contributed by atoms with E-state index in [2.05, 4.69) is 17.1 Å². The molecule has 1 aromatic rings. The molecule has 7 nitrogen and oxygen atoms in total. The normalized spacial score (nSPS) is 17.5. The van der Waals surface area contributed by atoms with Gasteiger partial charge < -0.3 is 24.6 Å². The third-order valence-corrected chi connectivity index (χ3v) is 4.61. The molecule has 0 aromatic heterocycles. The number of anilines is 2. The van der Waals surface area contributed by atoms with Gasteiger partial charge in [-0.1, -0.05) is 13.8 Å². The summed E-state index contributed by atoms with van der Waals surface area (Å²) in [7, 11) is 1.76. The van der Waals surface area contributed by atoms with E-state index in [-0.39, 0.29) is 18.1 Å². The molecule has 2 aliphatic heterocycles. The summed E-state index contributed by atoms with van der Waals surface area (Å²) in [4.78, 5) is 27.9. The topological polar surface area (TPSA) is 71.1 Å². The van der Waals surface area contributed by atoms with E-state index in [1.165, 1.54) is 0 Å². The largest absolute Gasteiger partial charge is 0.457 e. The number of carbonyl (C=O) groups excluding carboxylic acids is 2. The maximum Gasteiger partial charge on any atom is 0.410 e. The number of nitrogens with zero attached hydrogens (tertiary/aromatic N) is 2. The van der Waals surface area contributed by atoms with Crippen LogP contribution in [0, 0.1) is 0 Å². The van der Waals surface area contributed by atoms with Crippen molar-refractivity contribution in [3.63, 3.8) is 0 Å². The number of ether oxygens (including phenoxy) is 2. The highest BCUT2D eigenvalue weighted by molar-refractivity contribution is 5.96. The Morgan fingerprint density at radius 3 is 2.64 bits per heavy atom. The minimum Gasteiger partial charge on any atom is -0.457 e. The Labute approximate surface area is 168 Å². The van der Waals surface area contributed by atoms with E-state index >= 15 is 0 Å². The highest BCUT2D eigenvalue weighted by Crippen LogP contribution is 2.36. The minimum atomic E-state index is -0.514. The van der Waals surface area contributed by atoms with Crippen LogP contribution in [-0.2, 0) is 16.1 Å². The molecule has 2 aliphatic rings. The number of hydrogen-bond acceptors (Lipinski definition) is 6. The standard InChI is InChI=1S/C19H27N3O4.C2H6/c1-6-22-13(10-21(5)18(24)26-19(2,3)4)9-20-15-8-14-12(7-16(15)22)11-25-17(14)23;1-2/h7-8,13,20H,6,9-11H2,1-5H3;1-2H3. The maximum atomic E-state index is 12.3. The summed E-state index contributed by atoms with van der Waals surface area (Å²) < 4.78 is 10.6. The van der Waals surface area contributed by atoms with Crippen LogP contribution in [0.25, 0.3) is 0 Å². The van der Waals surface area contributed by atoms with Crippen molar-refractivity contribution >= 4 is 23.4 Å². The predicted octanol–water partition coefficient (Wildman–Crippen LogP) is 3.87. The molecule has 1 N–H and O–H groups in total. The van der Waals surface area contributed by atoms with Gasteiger partial charge in [0, 0.05) is 32.2 Å². The molecule has 1 aromatic carbocycles. The van der Waals surface area contributed by atoms with Crippen molar-refractivity contribution in [3.8, 4) is 0 Å². The van der Waals surface area contributed by atoms with Crippen LogP contribution >= 0.6 is 0 Å². The molecule has 0 bridgehead atoms. The molecular weight excluding hydrogens is 358 g/mol. The van der Waals surface area contributed by atoms with Gasteiger partial charge in [-0.05, 0) is 39.8 Å². The first-order chi connectivity index (χ1) is 13.2. The van der Waals surface area contributed by atoms with Gasteiger partial charge in [0.05, 0.1) is 23.0 Å². The van der Waals surface area contributed by atoms with Crippen molar-refractivity contribution in [1.29, 1.82) is 0 Å². The number of rotatable bonds is 3. The molecule has 2 heterocycles. The van der Waals surface area contributed by atoms with Gasteiger partial charge in [0.15, 0.2) is 0 Å². The zero-order valence-corrected chi connectivity index (χ0v) is 18.1. The average Bonchev–Trinajstić information content (AvgIpc) is 3.00. The Hall–Kier alpha value is -2.44. The Morgan fingerprint density at radius 1 is 1.36 bits per heavy atom. The van der Waals surface area contributed by atoms with Crippen LogP contribution in [0.2, 0.25) is 0 Å². The van der Waals surface area contributed by atoms with Gasteiger partial charge in [-0.2, -0.15) is 0 Å². The Kier molecular flexibility index (Phi) is 6.80. The van der Waals surface area contributed by atoms with E-state index in [9.17, 15) is 9.59 Å². The second-order valence-electron chi connectivity index (χ2n) is 7.78. The summed E-state index contributed by atoms with van der Waals surface area (Å²) in [5.74, 6) is -0.264. The molecule has 1 amide bonds. The first-order valence-electron chi connectivity index (χ1n) is 9.98. The first kappa shape index (κ1) is 21.9. The molecule has 0 saturated heterocycles. The lowest BCUT2D eigenvalue weighted by atomic mass is 10.0. The molecule has 28 heavy (non-hydrogen) atoms. The van der Waals surface area contributed by atoms with Gasteiger partial charge in [-0.15, -0.1) is 0 Å². The van der Waals surface area contributed by atoms with Crippen molar-refractivity contribution in [1.82, 2.24) is 4.90 Å². The molecule has 0 radical (unpaired) electrons. The van der Waals surface area contributed by atoms with Gasteiger partial charge in [0.25, 0.3) is 0 Å². The van der Waals surface area contributed by atoms with Gasteiger partial charge in [-0.3, -0.25) is 0 Å². The van der Waals surface area contributed by atoms with Crippen molar-refractivity contribution in [2.45, 2.75) is 59.8 Å². The number of hydrogen-bond donors (Lipinski definition) is 1. The van der Waals surface area contributed by atoms with Gasteiger partial charge in [0.2, 0.25) is 0 Å². The Bertz CT molecular complexity index is 727. The van der Waals surface area contributed by atoms with Gasteiger partial charge in [-0.25, -0.2) is 9.59 Å². The number of carbonyl (C=O) groups is 2. The number of fused-ring (bicyclic) bond motifs is 2. The number of benzene rings is 1. The molecule has 0 spiro atoms. The van der Waals surface area contributed by atoms with E-state index < -0.39 is 5.60 Å². The minimum absolute atomic E-state index is 0.112. The maximum absolute atomic E-state index is 12.3. The number of likely N-dealkylation sites (N-methyl/N-ethyl adjacent to an activating group) is 2. The number of amides is 1. The van der Waals surface area contributed by atoms with Crippen molar-refractivity contribution in [2.24, 2.45) is 0 Å². The molecule has 1 unspecified atom stereocenters. The quantitative estimate of drug-likeness (QED) is 0.789. The number of cyclic esters (lactones) is 1. The monoisotopic (exact) mass is 391 g/mol. The van der Waals surface area contributed by atoms with Crippen LogP contribution in [0.4, 0.5) is 16.2 Å². The van der Waals surface area contributed by atoms with E-state index in [1.807, 2.05) is 46.8 Å². The van der Waals surface area contributed by atoms with E-state index in [1.54, 1.807) is 11.9 Å². The highest BCUT2D eigenvalue weighted by atomic mass is 16.6. The van der Waals surface area contributed by atoms with E-state index in [0.29, 0.717) is 25.3 Å². The van der Waals surface area contributed by atoms with Gasteiger partial charge in [0.1, 0.15) is 12.2 Å². The second kappa shape index (κ2) is 8.71. The zero-order valence-electron chi connectivity index (χ0n) is 18.1. The Balaban J connectivity index is 0.00000136. The first-order valence-corrected chi connectivity index (χ1v) is 9.98.